The molecule has 0 saturated carbocycles. The molecule has 0 unspecified atom stereocenters. The van der Waals surface area contributed by atoms with Crippen LogP contribution in [0.5, 0.6) is 0 Å². The molecule has 0 fully saturated rings. The fourth-order valence-electron chi connectivity index (χ4n) is 2.53. The molecule has 0 aliphatic heterocycles. The van der Waals surface area contributed by atoms with E-state index in [9.17, 15) is 4.79 Å². The van der Waals surface area contributed by atoms with Gasteiger partial charge in [0.15, 0.2) is 5.78 Å². The average Bonchev–Trinajstić information content (AvgIpc) is 2.80. The Kier molecular flexibility index (Phi) is 3.72. The number of hydrogen-bond donors (Lipinski definition) is 0. The van der Waals surface area contributed by atoms with Crippen LogP contribution in [0.3, 0.4) is 0 Å². The van der Waals surface area contributed by atoms with Crippen LogP contribution in [0, 0.1) is 0 Å². The predicted octanol–water partition coefficient (Wildman–Crippen LogP) is 6.10. The van der Waals surface area contributed by atoms with Crippen molar-refractivity contribution >= 4 is 52.2 Å². The Labute approximate surface area is 136 Å². The predicted molar refractivity (Wildman–Crippen MR) is 84.6 cm³/mol. The van der Waals surface area contributed by atoms with E-state index in [1.54, 1.807) is 0 Å². The number of ketones is 1. The van der Waals surface area contributed by atoms with Gasteiger partial charge < -0.3 is 0 Å². The highest BCUT2D eigenvalue weighted by atomic mass is 35.5. The molecule has 0 amide bonds. The number of benzene rings is 2. The van der Waals surface area contributed by atoms with Gasteiger partial charge in [0.25, 0.3) is 0 Å². The molecule has 0 aromatic heterocycles. The molecule has 3 rings (SSSR count). The lowest BCUT2D eigenvalue weighted by molar-refractivity contribution is 0.0994. The first-order chi connectivity index (χ1) is 9.50. The van der Waals surface area contributed by atoms with E-state index < -0.39 is 0 Å². The number of halogens is 4. The number of carbonyl (C=O) groups is 1. The first kappa shape index (κ1) is 14.2. The van der Waals surface area contributed by atoms with E-state index in [0.717, 1.165) is 16.7 Å². The van der Waals surface area contributed by atoms with Crippen LogP contribution in [0.2, 0.25) is 20.1 Å². The number of fused-ring (bicyclic) bond motifs is 1. The molecule has 102 valence electrons. The summed E-state index contributed by atoms with van der Waals surface area (Å²) in [6.45, 7) is 0. The molecule has 1 aliphatic carbocycles. The molecule has 0 N–H and O–H groups in total. The topological polar surface area (TPSA) is 17.1 Å². The number of hydrogen-bond acceptors (Lipinski definition) is 1. The van der Waals surface area contributed by atoms with Crippen molar-refractivity contribution in [3.8, 4) is 11.1 Å². The summed E-state index contributed by atoms with van der Waals surface area (Å²) in [6.07, 6.45) is 1.19. The van der Waals surface area contributed by atoms with E-state index in [2.05, 4.69) is 0 Å². The Morgan fingerprint density at radius 3 is 2.10 bits per heavy atom. The Hall–Kier alpha value is -0.730. The SMILES string of the molecule is O=C1CCc2c1cccc2-c1c(Cl)c(Cl)cc(Cl)c1Cl. The van der Waals surface area contributed by atoms with Gasteiger partial charge >= 0.3 is 0 Å². The van der Waals surface area contributed by atoms with Gasteiger partial charge in [0.1, 0.15) is 0 Å². The second kappa shape index (κ2) is 5.23. The minimum absolute atomic E-state index is 0.141. The van der Waals surface area contributed by atoms with Crippen molar-refractivity contribution < 1.29 is 4.79 Å². The maximum atomic E-state index is 11.8. The van der Waals surface area contributed by atoms with Gasteiger partial charge in [-0.2, -0.15) is 0 Å². The summed E-state index contributed by atoms with van der Waals surface area (Å²) in [4.78, 5) is 11.8. The van der Waals surface area contributed by atoms with Crippen molar-refractivity contribution in [3.63, 3.8) is 0 Å². The summed E-state index contributed by atoms with van der Waals surface area (Å²) in [6, 6.07) is 7.05. The molecule has 0 spiro atoms. The van der Waals surface area contributed by atoms with Crippen molar-refractivity contribution in [3.05, 3.63) is 55.5 Å². The smallest absolute Gasteiger partial charge is 0.163 e. The zero-order chi connectivity index (χ0) is 14.4. The van der Waals surface area contributed by atoms with Gasteiger partial charge in [0, 0.05) is 17.5 Å². The standard InChI is InChI=1S/C15H8Cl4O/c16-10-6-11(17)15(19)13(14(10)18)9-3-1-2-8-7(9)4-5-12(8)20/h1-3,6H,4-5H2. The lowest BCUT2D eigenvalue weighted by atomic mass is 9.96. The van der Waals surface area contributed by atoms with Crippen molar-refractivity contribution in [1.82, 2.24) is 0 Å². The largest absolute Gasteiger partial charge is 0.294 e. The molecule has 0 saturated heterocycles. The van der Waals surface area contributed by atoms with E-state index in [1.807, 2.05) is 18.2 Å². The maximum absolute atomic E-state index is 11.8. The lowest BCUT2D eigenvalue weighted by Gasteiger charge is -2.14. The van der Waals surface area contributed by atoms with Gasteiger partial charge in [0.2, 0.25) is 0 Å². The second-order valence-corrected chi connectivity index (χ2v) is 6.17. The highest BCUT2D eigenvalue weighted by Crippen LogP contribution is 2.45. The van der Waals surface area contributed by atoms with E-state index >= 15 is 0 Å². The second-order valence-electron chi connectivity index (χ2n) is 4.60. The van der Waals surface area contributed by atoms with Gasteiger partial charge in [-0.05, 0) is 23.6 Å². The summed E-state index contributed by atoms with van der Waals surface area (Å²) in [5.41, 5.74) is 3.11. The summed E-state index contributed by atoms with van der Waals surface area (Å²) in [5.74, 6) is 0.141. The highest BCUT2D eigenvalue weighted by Gasteiger charge is 2.25. The lowest BCUT2D eigenvalue weighted by Crippen LogP contribution is -1.94. The molecular weight excluding hydrogens is 338 g/mol. The van der Waals surface area contributed by atoms with Crippen LogP contribution in [0.4, 0.5) is 0 Å². The van der Waals surface area contributed by atoms with Crippen molar-refractivity contribution in [2.24, 2.45) is 0 Å². The average molecular weight is 346 g/mol. The minimum atomic E-state index is 0.141. The fourth-order valence-corrected chi connectivity index (χ4v) is 3.55. The molecule has 0 heterocycles. The van der Waals surface area contributed by atoms with Crippen LogP contribution in [0.25, 0.3) is 11.1 Å². The molecular formula is C15H8Cl4O. The van der Waals surface area contributed by atoms with Gasteiger partial charge in [-0.15, -0.1) is 0 Å². The number of carbonyl (C=O) groups excluding carboxylic acids is 1. The zero-order valence-corrected chi connectivity index (χ0v) is 13.2. The molecule has 5 heteroatoms. The van der Waals surface area contributed by atoms with Gasteiger partial charge in [-0.1, -0.05) is 64.6 Å². The molecule has 1 aliphatic rings. The molecule has 1 nitrogen and oxygen atoms in total. The molecule has 2 aromatic carbocycles. The summed E-state index contributed by atoms with van der Waals surface area (Å²) in [5, 5.41) is 1.40. The van der Waals surface area contributed by atoms with Crippen molar-refractivity contribution in [2.75, 3.05) is 0 Å². The van der Waals surface area contributed by atoms with Crippen LogP contribution in [0.1, 0.15) is 22.3 Å². The minimum Gasteiger partial charge on any atom is -0.294 e. The van der Waals surface area contributed by atoms with E-state index in [0.29, 0.717) is 38.5 Å². The van der Waals surface area contributed by atoms with Crippen LogP contribution >= 0.6 is 46.4 Å². The van der Waals surface area contributed by atoms with E-state index in [1.165, 1.54) is 6.07 Å². The van der Waals surface area contributed by atoms with Crippen LogP contribution in [-0.4, -0.2) is 5.78 Å². The molecule has 0 bridgehead atoms. The number of rotatable bonds is 1. The number of Topliss-reactive ketones (excluding diaryl/α,β-unsaturated/α-hetero) is 1. The zero-order valence-electron chi connectivity index (χ0n) is 10.1. The monoisotopic (exact) mass is 344 g/mol. The molecule has 0 radical (unpaired) electrons. The normalized spacial score (nSPS) is 13.7. The van der Waals surface area contributed by atoms with Crippen LogP contribution in [0.15, 0.2) is 24.3 Å². The highest BCUT2D eigenvalue weighted by molar-refractivity contribution is 6.50. The Bertz CT molecular complexity index is 711. The van der Waals surface area contributed by atoms with Crippen LogP contribution in [-0.2, 0) is 6.42 Å². The first-order valence-electron chi connectivity index (χ1n) is 5.99. The third-order valence-corrected chi connectivity index (χ3v) is 5.03. The molecule has 20 heavy (non-hydrogen) atoms. The third kappa shape index (κ3) is 2.14. The van der Waals surface area contributed by atoms with E-state index in [4.69, 9.17) is 46.4 Å². The van der Waals surface area contributed by atoms with Gasteiger partial charge in [-0.3, -0.25) is 4.79 Å². The first-order valence-corrected chi connectivity index (χ1v) is 7.50. The Morgan fingerprint density at radius 1 is 0.850 bits per heavy atom. The Balaban J connectivity index is 2.34. The van der Waals surface area contributed by atoms with Gasteiger partial charge in [-0.25, -0.2) is 0 Å². The summed E-state index contributed by atoms with van der Waals surface area (Å²) < 4.78 is 0. The summed E-state index contributed by atoms with van der Waals surface area (Å²) >= 11 is 24.7. The Morgan fingerprint density at radius 2 is 1.45 bits per heavy atom. The van der Waals surface area contributed by atoms with Gasteiger partial charge in [0.05, 0.1) is 20.1 Å². The van der Waals surface area contributed by atoms with Crippen molar-refractivity contribution in [2.45, 2.75) is 12.8 Å². The van der Waals surface area contributed by atoms with Crippen molar-refractivity contribution in [1.29, 1.82) is 0 Å². The molecule has 2 aromatic rings. The van der Waals surface area contributed by atoms with Crippen LogP contribution < -0.4 is 0 Å². The quantitative estimate of drug-likeness (QED) is 0.571. The summed E-state index contributed by atoms with van der Waals surface area (Å²) in [7, 11) is 0. The fraction of sp³-hybridized carbons (Fsp3) is 0.133. The third-order valence-electron chi connectivity index (χ3n) is 3.46. The van der Waals surface area contributed by atoms with E-state index in [-0.39, 0.29) is 5.78 Å². The molecule has 0 atom stereocenters. The maximum Gasteiger partial charge on any atom is 0.163 e.